The number of Topliss-reactive ketones (excluding diaryl/α,β-unsaturated/α-hetero) is 1. The predicted octanol–water partition coefficient (Wildman–Crippen LogP) is 4.72. The Labute approximate surface area is 171 Å². The molecule has 3 aromatic carbocycles. The maximum atomic E-state index is 13.0. The lowest BCUT2D eigenvalue weighted by atomic mass is 9.89. The Balaban J connectivity index is 0.00000117. The minimum Gasteiger partial charge on any atom is -0.400 e. The van der Waals surface area contributed by atoms with Gasteiger partial charge in [0.1, 0.15) is 5.82 Å². The maximum Gasteiger partial charge on any atom is 0.166 e. The van der Waals surface area contributed by atoms with E-state index in [4.69, 9.17) is 5.11 Å². The highest BCUT2D eigenvalue weighted by atomic mass is 19.1. The lowest BCUT2D eigenvalue weighted by Gasteiger charge is -2.31. The van der Waals surface area contributed by atoms with Crippen LogP contribution in [0.1, 0.15) is 28.8 Å². The number of hydrogen-bond donors (Lipinski definition) is 1. The molecule has 0 saturated carbocycles. The smallest absolute Gasteiger partial charge is 0.166 e. The van der Waals surface area contributed by atoms with Gasteiger partial charge in [0.25, 0.3) is 0 Å². The van der Waals surface area contributed by atoms with Crippen molar-refractivity contribution in [2.75, 3.05) is 26.7 Å². The zero-order valence-electron chi connectivity index (χ0n) is 16.9. The summed E-state index contributed by atoms with van der Waals surface area (Å²) in [5.41, 5.74) is 1.99. The Morgan fingerprint density at radius 1 is 0.966 bits per heavy atom. The SMILES string of the molecule is CO.O=C(c1ccc(F)cc1)C1CCN(CCc2ccc3ccccc3c2)CC1. The number of halogens is 1. The van der Waals surface area contributed by atoms with Crippen molar-refractivity contribution < 1.29 is 14.3 Å². The van der Waals surface area contributed by atoms with Gasteiger partial charge in [-0.05, 0) is 73.0 Å². The van der Waals surface area contributed by atoms with Crippen LogP contribution < -0.4 is 0 Å². The molecule has 1 N–H and O–H groups in total. The van der Waals surface area contributed by atoms with E-state index in [0.717, 1.165) is 46.0 Å². The third-order valence-electron chi connectivity index (χ3n) is 5.62. The molecule has 1 fully saturated rings. The molecule has 4 heteroatoms. The van der Waals surface area contributed by atoms with Crippen molar-refractivity contribution >= 4 is 16.6 Å². The molecule has 0 aliphatic carbocycles. The minimum absolute atomic E-state index is 0.0624. The first-order valence-electron chi connectivity index (χ1n) is 10.1. The number of carbonyl (C=O) groups is 1. The van der Waals surface area contributed by atoms with Crippen molar-refractivity contribution in [3.8, 4) is 0 Å². The summed E-state index contributed by atoms with van der Waals surface area (Å²) in [6, 6.07) is 21.1. The summed E-state index contributed by atoms with van der Waals surface area (Å²) < 4.78 is 13.0. The molecule has 1 aliphatic rings. The maximum absolute atomic E-state index is 13.0. The monoisotopic (exact) mass is 393 g/mol. The van der Waals surface area contributed by atoms with E-state index in [2.05, 4.69) is 47.4 Å². The van der Waals surface area contributed by atoms with Crippen molar-refractivity contribution in [3.63, 3.8) is 0 Å². The van der Waals surface area contributed by atoms with Crippen LogP contribution in [0, 0.1) is 11.7 Å². The molecule has 4 rings (SSSR count). The van der Waals surface area contributed by atoms with Crippen LogP contribution in [0.25, 0.3) is 10.8 Å². The average Bonchev–Trinajstić information content (AvgIpc) is 2.79. The summed E-state index contributed by atoms with van der Waals surface area (Å²) in [7, 11) is 1.00. The summed E-state index contributed by atoms with van der Waals surface area (Å²) in [5.74, 6) is -0.0772. The fraction of sp³-hybridized carbons (Fsp3) is 0.320. The Kier molecular flexibility index (Phi) is 7.50. The fourth-order valence-corrected chi connectivity index (χ4v) is 3.95. The number of ketones is 1. The van der Waals surface area contributed by atoms with E-state index in [0.29, 0.717) is 5.56 Å². The molecule has 0 spiro atoms. The largest absolute Gasteiger partial charge is 0.400 e. The molecular weight excluding hydrogens is 365 g/mol. The van der Waals surface area contributed by atoms with Gasteiger partial charge in [-0.3, -0.25) is 4.79 Å². The Morgan fingerprint density at radius 2 is 1.62 bits per heavy atom. The zero-order chi connectivity index (χ0) is 20.6. The Morgan fingerprint density at radius 3 is 2.31 bits per heavy atom. The second-order valence-electron chi connectivity index (χ2n) is 7.42. The van der Waals surface area contributed by atoms with Gasteiger partial charge in [0.05, 0.1) is 0 Å². The second kappa shape index (κ2) is 10.3. The molecular formula is C25H28FNO2. The van der Waals surface area contributed by atoms with Gasteiger partial charge in [0, 0.05) is 25.1 Å². The number of hydrogen-bond acceptors (Lipinski definition) is 3. The van der Waals surface area contributed by atoms with Crippen LogP contribution in [-0.4, -0.2) is 42.5 Å². The van der Waals surface area contributed by atoms with Gasteiger partial charge in [-0.1, -0.05) is 42.5 Å². The highest BCUT2D eigenvalue weighted by molar-refractivity contribution is 5.97. The molecule has 152 valence electrons. The van der Waals surface area contributed by atoms with E-state index in [-0.39, 0.29) is 17.5 Å². The first kappa shape index (κ1) is 21.2. The van der Waals surface area contributed by atoms with Crippen molar-refractivity contribution in [2.24, 2.45) is 5.92 Å². The fourth-order valence-electron chi connectivity index (χ4n) is 3.95. The molecule has 0 radical (unpaired) electrons. The summed E-state index contributed by atoms with van der Waals surface area (Å²) in [5, 5.41) is 9.57. The van der Waals surface area contributed by atoms with Crippen molar-refractivity contribution in [2.45, 2.75) is 19.3 Å². The number of aliphatic hydroxyl groups is 1. The van der Waals surface area contributed by atoms with Crippen molar-refractivity contribution in [1.82, 2.24) is 4.90 Å². The van der Waals surface area contributed by atoms with E-state index in [1.54, 1.807) is 12.1 Å². The third-order valence-corrected chi connectivity index (χ3v) is 5.62. The summed E-state index contributed by atoms with van der Waals surface area (Å²) in [6.07, 6.45) is 2.79. The van der Waals surface area contributed by atoms with E-state index in [1.807, 2.05) is 0 Å². The van der Waals surface area contributed by atoms with Crippen LogP contribution in [0.5, 0.6) is 0 Å². The average molecular weight is 394 g/mol. The molecule has 0 unspecified atom stereocenters. The minimum atomic E-state index is -0.296. The number of piperidine rings is 1. The van der Waals surface area contributed by atoms with Crippen molar-refractivity contribution in [3.05, 3.63) is 83.7 Å². The first-order chi connectivity index (χ1) is 14.2. The molecule has 0 amide bonds. The lowest BCUT2D eigenvalue weighted by Crippen LogP contribution is -2.37. The number of fused-ring (bicyclic) bond motifs is 1. The first-order valence-corrected chi connectivity index (χ1v) is 10.1. The number of nitrogens with zero attached hydrogens (tertiary/aromatic N) is 1. The van der Waals surface area contributed by atoms with Crippen LogP contribution in [0.15, 0.2) is 66.7 Å². The molecule has 0 atom stereocenters. The molecule has 1 aliphatic heterocycles. The van der Waals surface area contributed by atoms with Crippen LogP contribution in [0.3, 0.4) is 0 Å². The van der Waals surface area contributed by atoms with Gasteiger partial charge in [0.2, 0.25) is 0 Å². The summed E-state index contributed by atoms with van der Waals surface area (Å²) >= 11 is 0. The molecule has 1 saturated heterocycles. The molecule has 1 heterocycles. The molecule has 3 aromatic rings. The topological polar surface area (TPSA) is 40.5 Å². The highest BCUT2D eigenvalue weighted by Gasteiger charge is 2.25. The van der Waals surface area contributed by atoms with E-state index in [1.165, 1.54) is 28.5 Å². The zero-order valence-corrected chi connectivity index (χ0v) is 16.9. The van der Waals surface area contributed by atoms with Gasteiger partial charge in [-0.2, -0.15) is 0 Å². The van der Waals surface area contributed by atoms with Gasteiger partial charge in [-0.15, -0.1) is 0 Å². The number of benzene rings is 3. The molecule has 0 aromatic heterocycles. The Hall–Kier alpha value is -2.56. The number of aliphatic hydroxyl groups excluding tert-OH is 1. The number of carbonyl (C=O) groups excluding carboxylic acids is 1. The quantitative estimate of drug-likeness (QED) is 0.638. The van der Waals surface area contributed by atoms with Gasteiger partial charge < -0.3 is 10.0 Å². The number of rotatable bonds is 5. The van der Waals surface area contributed by atoms with Crippen molar-refractivity contribution in [1.29, 1.82) is 0 Å². The van der Waals surface area contributed by atoms with E-state index < -0.39 is 0 Å². The Bertz CT molecular complexity index is 931. The van der Waals surface area contributed by atoms with Crippen LogP contribution >= 0.6 is 0 Å². The predicted molar refractivity (Wildman–Crippen MR) is 116 cm³/mol. The van der Waals surface area contributed by atoms with Crippen LogP contribution in [0.2, 0.25) is 0 Å². The molecule has 3 nitrogen and oxygen atoms in total. The van der Waals surface area contributed by atoms with E-state index in [9.17, 15) is 9.18 Å². The number of likely N-dealkylation sites (tertiary alicyclic amines) is 1. The summed E-state index contributed by atoms with van der Waals surface area (Å²) in [6.45, 7) is 2.92. The molecule has 0 bridgehead atoms. The second-order valence-corrected chi connectivity index (χ2v) is 7.42. The highest BCUT2D eigenvalue weighted by Crippen LogP contribution is 2.23. The molecule has 29 heavy (non-hydrogen) atoms. The lowest BCUT2D eigenvalue weighted by molar-refractivity contribution is 0.0841. The van der Waals surface area contributed by atoms with Gasteiger partial charge in [0.15, 0.2) is 5.78 Å². The standard InChI is InChI=1S/C24H24FNO.CH4O/c25-23-9-7-20(8-10-23)24(27)21-12-15-26(16-13-21)14-11-18-5-6-19-3-1-2-4-22(19)17-18;1-2/h1-10,17,21H,11-16H2;2H,1H3. The van der Waals surface area contributed by atoms with E-state index >= 15 is 0 Å². The van der Waals surface area contributed by atoms with Crippen LogP contribution in [-0.2, 0) is 6.42 Å². The normalized spacial score (nSPS) is 15.0. The van der Waals surface area contributed by atoms with Gasteiger partial charge in [-0.25, -0.2) is 4.39 Å². The van der Waals surface area contributed by atoms with Crippen LogP contribution in [0.4, 0.5) is 4.39 Å². The van der Waals surface area contributed by atoms with Gasteiger partial charge >= 0.3 is 0 Å². The third kappa shape index (κ3) is 5.49. The summed E-state index contributed by atoms with van der Waals surface area (Å²) in [4.78, 5) is 15.0.